The van der Waals surface area contributed by atoms with Gasteiger partial charge in [0.1, 0.15) is 32.0 Å². The molecular weight excluding hydrogens is 895 g/mol. The third-order valence-electron chi connectivity index (χ3n) is 11.2. The van der Waals surface area contributed by atoms with Gasteiger partial charge in [0.15, 0.2) is 24.6 Å². The number of hydrogen-bond acceptors (Lipinski definition) is 15. The highest BCUT2D eigenvalue weighted by Crippen LogP contribution is 2.44. The van der Waals surface area contributed by atoms with E-state index < -0.39 is 125 Å². The predicted molar refractivity (Wildman–Crippen MR) is 251 cm³/mol. The number of hydrogen-bond donors (Lipinski definition) is 2. The molecule has 382 valence electrons. The van der Waals surface area contributed by atoms with E-state index in [1.54, 1.807) is 104 Å². The molecule has 17 nitrogen and oxygen atoms in total. The van der Waals surface area contributed by atoms with Crippen molar-refractivity contribution in [1.29, 1.82) is 0 Å². The topological polar surface area (TPSA) is 226 Å². The summed E-state index contributed by atoms with van der Waals surface area (Å²) < 4.78 is 48.3. The lowest BCUT2D eigenvalue weighted by Crippen LogP contribution is -2.64. The number of esters is 5. The molecule has 0 spiro atoms. The molecule has 1 heterocycles. The minimum Gasteiger partial charge on any atom is -0.480 e. The molecule has 0 aromatic heterocycles. The molecule has 69 heavy (non-hydrogen) atoms. The summed E-state index contributed by atoms with van der Waals surface area (Å²) in [5.74, 6) is -5.32. The molecule has 2 aromatic rings. The van der Waals surface area contributed by atoms with Crippen molar-refractivity contribution in [3.05, 3.63) is 59.7 Å². The van der Waals surface area contributed by atoms with Crippen molar-refractivity contribution in [2.75, 3.05) is 19.8 Å². The van der Waals surface area contributed by atoms with E-state index in [1.165, 1.54) is 0 Å². The number of carbonyl (C=O) groups is 7. The summed E-state index contributed by atoms with van der Waals surface area (Å²) in [5, 5.41) is 12.8. The highest BCUT2D eigenvalue weighted by molar-refractivity contribution is 5.82. The van der Waals surface area contributed by atoms with Gasteiger partial charge in [-0.15, -0.1) is 0 Å². The van der Waals surface area contributed by atoms with Crippen LogP contribution < -0.4 is 5.32 Å². The number of fused-ring (bicyclic) bond motifs is 3. The molecule has 1 fully saturated rings. The Morgan fingerprint density at radius 1 is 0.551 bits per heavy atom. The van der Waals surface area contributed by atoms with Gasteiger partial charge in [0.25, 0.3) is 0 Å². The van der Waals surface area contributed by atoms with E-state index >= 15 is 0 Å². The van der Waals surface area contributed by atoms with Crippen LogP contribution in [0.4, 0.5) is 4.79 Å². The van der Waals surface area contributed by atoms with Gasteiger partial charge in [0, 0.05) is 5.92 Å². The molecule has 7 atom stereocenters. The van der Waals surface area contributed by atoms with Crippen LogP contribution in [-0.4, -0.2) is 110 Å². The summed E-state index contributed by atoms with van der Waals surface area (Å²) >= 11 is 0. The van der Waals surface area contributed by atoms with Gasteiger partial charge >= 0.3 is 41.9 Å². The Labute approximate surface area is 405 Å². The van der Waals surface area contributed by atoms with Gasteiger partial charge in [-0.1, -0.05) is 48.5 Å². The largest absolute Gasteiger partial charge is 0.480 e. The van der Waals surface area contributed by atoms with Gasteiger partial charge in [0.2, 0.25) is 0 Å². The molecule has 1 amide bonds. The zero-order valence-corrected chi connectivity index (χ0v) is 42.8. The lowest BCUT2D eigenvalue weighted by Gasteiger charge is -2.46. The van der Waals surface area contributed by atoms with Crippen molar-refractivity contribution in [3.63, 3.8) is 0 Å². The molecule has 0 unspecified atom stereocenters. The molecular formula is C52H73NO16. The summed E-state index contributed by atoms with van der Waals surface area (Å²) in [7, 11) is 0. The quantitative estimate of drug-likeness (QED) is 0.120. The number of carboxylic acid groups (broad SMARTS) is 1. The smallest absolute Gasteiger partial charge is 0.407 e. The second-order valence-electron chi connectivity index (χ2n) is 22.8. The second-order valence-corrected chi connectivity index (χ2v) is 22.8. The molecule has 17 heteroatoms. The van der Waals surface area contributed by atoms with Crippen LogP contribution in [0.2, 0.25) is 0 Å². The van der Waals surface area contributed by atoms with Crippen LogP contribution >= 0.6 is 0 Å². The third kappa shape index (κ3) is 15.2. The molecule has 0 radical (unpaired) electrons. The van der Waals surface area contributed by atoms with Crippen LogP contribution in [0.5, 0.6) is 0 Å². The van der Waals surface area contributed by atoms with Gasteiger partial charge in [-0.05, 0) is 139 Å². The molecule has 2 N–H and O–H groups in total. The monoisotopic (exact) mass is 967 g/mol. The normalized spacial score (nSPS) is 20.5. The maximum atomic E-state index is 13.8. The highest BCUT2D eigenvalue weighted by atomic mass is 16.7. The van der Waals surface area contributed by atoms with Crippen LogP contribution in [0.25, 0.3) is 11.1 Å². The van der Waals surface area contributed by atoms with Crippen LogP contribution in [0, 0.1) is 27.1 Å². The lowest BCUT2D eigenvalue weighted by atomic mass is 9.93. The van der Waals surface area contributed by atoms with E-state index in [0.29, 0.717) is 0 Å². The van der Waals surface area contributed by atoms with E-state index in [-0.39, 0.29) is 25.4 Å². The third-order valence-corrected chi connectivity index (χ3v) is 11.2. The van der Waals surface area contributed by atoms with E-state index in [0.717, 1.165) is 22.3 Å². The standard InChI is InChI=1S/C52H73NO16/c1-48(2,3)42(56)62-26-29(24-25-35(40(54)55)53-47(61)64-27-34-32-22-18-16-20-30(32)31-21-17-19-23-33(31)34)65-41-39(69-46(60)52(13,14)15)38(68-45(59)51(10,11)12)37(67-44(58)50(7,8)9)36(66-41)28-63-43(57)49(4,5)6/h16-23,29,34-39,41H,24-28H2,1-15H3,(H,53,61)(H,54,55)/t29-,35+,36-,37+,38+,39-,41-/m1/s1. The molecule has 2 aromatic carbocycles. The molecule has 0 saturated carbocycles. The van der Waals surface area contributed by atoms with Crippen LogP contribution in [0.15, 0.2) is 48.5 Å². The first-order chi connectivity index (χ1) is 31.7. The van der Waals surface area contributed by atoms with Crippen molar-refractivity contribution in [2.24, 2.45) is 27.1 Å². The number of rotatable bonds is 16. The Morgan fingerprint density at radius 3 is 1.45 bits per heavy atom. The molecule has 4 rings (SSSR count). The van der Waals surface area contributed by atoms with Gasteiger partial charge in [-0.25, -0.2) is 9.59 Å². The van der Waals surface area contributed by atoms with Crippen molar-refractivity contribution in [3.8, 4) is 11.1 Å². The molecule has 1 saturated heterocycles. The number of carbonyl (C=O) groups excluding carboxylic acids is 6. The molecule has 1 aliphatic heterocycles. The Balaban J connectivity index is 1.72. The van der Waals surface area contributed by atoms with Crippen molar-refractivity contribution in [1.82, 2.24) is 5.32 Å². The van der Waals surface area contributed by atoms with E-state index in [1.807, 2.05) is 48.5 Å². The summed E-state index contributed by atoms with van der Waals surface area (Å²) in [4.78, 5) is 93.8. The predicted octanol–water partition coefficient (Wildman–Crippen LogP) is 7.92. The molecule has 0 bridgehead atoms. The highest BCUT2D eigenvalue weighted by Gasteiger charge is 2.56. The average Bonchev–Trinajstić information content (AvgIpc) is 3.55. The summed E-state index contributed by atoms with van der Waals surface area (Å²) in [6, 6.07) is 14.0. The first-order valence-electron chi connectivity index (χ1n) is 23.3. The zero-order valence-electron chi connectivity index (χ0n) is 42.8. The van der Waals surface area contributed by atoms with Crippen molar-refractivity contribution < 1.29 is 76.6 Å². The zero-order chi connectivity index (χ0) is 52.0. The van der Waals surface area contributed by atoms with Crippen LogP contribution in [0.1, 0.15) is 134 Å². The fourth-order valence-corrected chi connectivity index (χ4v) is 6.96. The maximum absolute atomic E-state index is 13.8. The number of benzene rings is 2. The lowest BCUT2D eigenvalue weighted by molar-refractivity contribution is -0.322. The van der Waals surface area contributed by atoms with Crippen LogP contribution in [0.3, 0.4) is 0 Å². The molecule has 1 aliphatic carbocycles. The summed E-state index contributed by atoms with van der Waals surface area (Å²) in [5.41, 5.74) is -1.41. The van der Waals surface area contributed by atoms with Gasteiger partial charge in [-0.3, -0.25) is 24.0 Å². The van der Waals surface area contributed by atoms with Crippen molar-refractivity contribution in [2.45, 2.75) is 165 Å². The first-order valence-corrected chi connectivity index (χ1v) is 23.3. The Bertz CT molecular complexity index is 2140. The van der Waals surface area contributed by atoms with Gasteiger partial charge in [-0.2, -0.15) is 0 Å². The summed E-state index contributed by atoms with van der Waals surface area (Å²) in [6.07, 6.45) is -10.8. The van der Waals surface area contributed by atoms with Gasteiger partial charge in [0.05, 0.1) is 33.2 Å². The number of carboxylic acids is 1. The second kappa shape index (κ2) is 22.0. The minimum absolute atomic E-state index is 0.0758. The Hall–Kier alpha value is -5.55. The van der Waals surface area contributed by atoms with E-state index in [9.17, 15) is 38.7 Å². The first kappa shape index (κ1) is 56.0. The SMILES string of the molecule is CC(C)(C)C(=O)OC[C@@H](CC[C@H](NC(=O)OCC1c2ccccc2-c2ccccc21)C(=O)O)O[C@@H]1O[C@H](COC(=O)C(C)(C)C)[C@H](OC(=O)C(C)(C)C)[C@H](OC(=O)C(C)(C)C)[C@H]1OC(=O)C(C)(C)C. The molecule has 2 aliphatic rings. The van der Waals surface area contributed by atoms with Gasteiger partial charge < -0.3 is 48.3 Å². The van der Waals surface area contributed by atoms with Crippen molar-refractivity contribution >= 4 is 41.9 Å². The average molecular weight is 968 g/mol. The fourth-order valence-electron chi connectivity index (χ4n) is 6.96. The maximum Gasteiger partial charge on any atom is 0.407 e. The number of nitrogens with one attached hydrogen (secondary N) is 1. The number of aliphatic carboxylic acids is 1. The number of ether oxygens (including phenoxy) is 8. The number of amides is 1. The van der Waals surface area contributed by atoms with E-state index in [2.05, 4.69) is 5.32 Å². The Kier molecular flexibility index (Phi) is 17.9. The van der Waals surface area contributed by atoms with Crippen LogP contribution in [-0.2, 0) is 66.7 Å². The Morgan fingerprint density at radius 2 is 0.986 bits per heavy atom. The van der Waals surface area contributed by atoms with E-state index in [4.69, 9.17) is 37.9 Å². The number of alkyl carbamates (subject to hydrolysis) is 1. The summed E-state index contributed by atoms with van der Waals surface area (Å²) in [6.45, 7) is 23.0. The fraction of sp³-hybridized carbons (Fsp3) is 0.635. The minimum atomic E-state index is -1.73.